The molecular weight excluding hydrogens is 325 g/mol. The summed E-state index contributed by atoms with van der Waals surface area (Å²) in [5.74, 6) is 0.318. The monoisotopic (exact) mass is 334 g/mol. The van der Waals surface area contributed by atoms with E-state index in [0.717, 1.165) is 0 Å². The zero-order valence-corrected chi connectivity index (χ0v) is 11.5. The van der Waals surface area contributed by atoms with E-state index in [2.05, 4.69) is 31.1 Å². The van der Waals surface area contributed by atoms with Gasteiger partial charge in [-0.1, -0.05) is 6.07 Å². The largest absolute Gasteiger partial charge is 0.391 e. The van der Waals surface area contributed by atoms with Gasteiger partial charge >= 0.3 is 6.18 Å². The van der Waals surface area contributed by atoms with Gasteiger partial charge in [0.05, 0.1) is 6.42 Å². The van der Waals surface area contributed by atoms with Crippen LogP contribution >= 0.6 is 15.9 Å². The van der Waals surface area contributed by atoms with Gasteiger partial charge < -0.3 is 4.57 Å². The van der Waals surface area contributed by atoms with Crippen LogP contribution in [0.5, 0.6) is 0 Å². The molecule has 0 saturated carbocycles. The van der Waals surface area contributed by atoms with Crippen molar-refractivity contribution >= 4 is 15.9 Å². The number of hydrogen-bond donors (Lipinski definition) is 0. The molecule has 4 nitrogen and oxygen atoms in total. The Labute approximate surface area is 115 Å². The molecule has 2 heterocycles. The lowest BCUT2D eigenvalue weighted by Crippen LogP contribution is -2.17. The van der Waals surface area contributed by atoms with Gasteiger partial charge in [0.2, 0.25) is 0 Å². The second-order valence-electron chi connectivity index (χ2n) is 4.08. The normalized spacial score (nSPS) is 13.5. The molecule has 0 fully saturated rings. The average molecular weight is 335 g/mol. The van der Waals surface area contributed by atoms with Crippen LogP contribution in [0.15, 0.2) is 29.1 Å². The summed E-state index contributed by atoms with van der Waals surface area (Å²) in [7, 11) is 0. The van der Waals surface area contributed by atoms with Crippen molar-refractivity contribution in [2.24, 2.45) is 0 Å². The van der Waals surface area contributed by atoms with Gasteiger partial charge in [-0.3, -0.25) is 0 Å². The summed E-state index contributed by atoms with van der Waals surface area (Å²) in [5, 5.41) is 7.51. The molecule has 0 unspecified atom stereocenters. The molecule has 0 aliphatic carbocycles. The number of nitrogens with zero attached hydrogens (tertiary/aromatic N) is 4. The third-order valence-corrected chi connectivity index (χ3v) is 2.96. The lowest BCUT2D eigenvalue weighted by molar-refractivity contribution is -0.141. The minimum Gasteiger partial charge on any atom is -0.309 e. The first-order chi connectivity index (χ1) is 8.87. The molecule has 0 spiro atoms. The molecule has 0 radical (unpaired) electrons. The Kier molecular flexibility index (Phi) is 3.88. The van der Waals surface area contributed by atoms with Crippen LogP contribution in [-0.2, 0) is 0 Å². The second-order valence-corrected chi connectivity index (χ2v) is 4.89. The van der Waals surface area contributed by atoms with E-state index in [1.807, 2.05) is 0 Å². The van der Waals surface area contributed by atoms with Crippen LogP contribution in [0.1, 0.15) is 19.4 Å². The van der Waals surface area contributed by atoms with Crippen molar-refractivity contribution in [1.82, 2.24) is 19.7 Å². The Bertz CT molecular complexity index is 567. The van der Waals surface area contributed by atoms with E-state index in [1.165, 1.54) is 17.8 Å². The molecule has 2 aromatic heterocycles. The Morgan fingerprint density at radius 2 is 2.11 bits per heavy atom. The summed E-state index contributed by atoms with van der Waals surface area (Å²) in [6.07, 6.45) is -3.88. The highest BCUT2D eigenvalue weighted by Crippen LogP contribution is 2.29. The Balaban J connectivity index is 2.32. The molecule has 0 aliphatic heterocycles. The van der Waals surface area contributed by atoms with Crippen LogP contribution in [0.3, 0.4) is 0 Å². The summed E-state index contributed by atoms with van der Waals surface area (Å²) in [6.45, 7) is 1.47. The van der Waals surface area contributed by atoms with Crippen LogP contribution in [0.25, 0.3) is 11.5 Å². The molecule has 2 aromatic rings. The van der Waals surface area contributed by atoms with E-state index >= 15 is 0 Å². The minimum atomic E-state index is -4.23. The number of rotatable bonds is 3. The summed E-state index contributed by atoms with van der Waals surface area (Å²) in [4.78, 5) is 4.17. The molecule has 19 heavy (non-hydrogen) atoms. The van der Waals surface area contributed by atoms with Gasteiger partial charge in [-0.05, 0) is 35.0 Å². The minimum absolute atomic E-state index is 0.318. The molecule has 1 atom stereocenters. The van der Waals surface area contributed by atoms with Gasteiger partial charge in [0.1, 0.15) is 16.6 Å². The van der Waals surface area contributed by atoms with Crippen LogP contribution in [0, 0.1) is 0 Å². The van der Waals surface area contributed by atoms with Crippen molar-refractivity contribution in [1.29, 1.82) is 0 Å². The highest BCUT2D eigenvalue weighted by atomic mass is 79.9. The van der Waals surface area contributed by atoms with Gasteiger partial charge in [0.15, 0.2) is 5.82 Å². The van der Waals surface area contributed by atoms with Crippen molar-refractivity contribution in [3.8, 4) is 11.5 Å². The summed E-state index contributed by atoms with van der Waals surface area (Å²) in [5.41, 5.74) is 0.473. The standard InChI is InChI=1S/C11H10BrF3N4/c1-7(5-11(13,14)15)19-6-16-18-10(19)8-3-2-4-9(12)17-8/h2-4,6-7H,5H2,1H3/t7-/m0/s1. The van der Waals surface area contributed by atoms with Crippen LogP contribution in [-0.4, -0.2) is 25.9 Å². The maximum Gasteiger partial charge on any atom is 0.391 e. The van der Waals surface area contributed by atoms with Crippen LogP contribution in [0.2, 0.25) is 0 Å². The Morgan fingerprint density at radius 3 is 2.74 bits per heavy atom. The van der Waals surface area contributed by atoms with E-state index in [4.69, 9.17) is 0 Å². The lowest BCUT2D eigenvalue weighted by atomic mass is 10.2. The quantitative estimate of drug-likeness (QED) is 0.805. The second kappa shape index (κ2) is 5.28. The van der Waals surface area contributed by atoms with E-state index in [-0.39, 0.29) is 0 Å². The van der Waals surface area contributed by atoms with Crippen LogP contribution in [0.4, 0.5) is 13.2 Å². The lowest BCUT2D eigenvalue weighted by Gasteiger charge is -2.16. The zero-order chi connectivity index (χ0) is 14.0. The first kappa shape index (κ1) is 14.0. The highest BCUT2D eigenvalue weighted by molar-refractivity contribution is 9.10. The van der Waals surface area contributed by atoms with Crippen molar-refractivity contribution in [2.45, 2.75) is 25.6 Å². The fourth-order valence-corrected chi connectivity index (χ4v) is 2.06. The number of pyridine rings is 1. The molecule has 0 N–H and O–H groups in total. The molecule has 0 amide bonds. The third kappa shape index (κ3) is 3.52. The van der Waals surface area contributed by atoms with E-state index in [9.17, 15) is 13.2 Å². The van der Waals surface area contributed by atoms with Gasteiger partial charge in [0.25, 0.3) is 0 Å². The molecule has 8 heteroatoms. The SMILES string of the molecule is C[C@@H](CC(F)(F)F)n1cnnc1-c1cccc(Br)n1. The average Bonchev–Trinajstić information content (AvgIpc) is 2.75. The molecule has 0 aliphatic rings. The zero-order valence-electron chi connectivity index (χ0n) is 9.89. The fraction of sp³-hybridized carbons (Fsp3) is 0.364. The first-order valence-corrected chi connectivity index (χ1v) is 6.25. The summed E-state index contributed by atoms with van der Waals surface area (Å²) in [6, 6.07) is 4.35. The smallest absolute Gasteiger partial charge is 0.309 e. The van der Waals surface area contributed by atoms with E-state index < -0.39 is 18.6 Å². The number of hydrogen-bond acceptors (Lipinski definition) is 3. The molecule has 0 saturated heterocycles. The molecule has 0 aromatic carbocycles. The van der Waals surface area contributed by atoms with Crippen LogP contribution < -0.4 is 0 Å². The Hall–Kier alpha value is -1.44. The number of alkyl halides is 3. The summed E-state index contributed by atoms with van der Waals surface area (Å²) < 4.78 is 39.2. The molecule has 2 rings (SSSR count). The first-order valence-electron chi connectivity index (χ1n) is 5.46. The van der Waals surface area contributed by atoms with Crippen molar-refractivity contribution in [3.05, 3.63) is 29.1 Å². The highest BCUT2D eigenvalue weighted by Gasteiger charge is 2.31. The Morgan fingerprint density at radius 1 is 1.37 bits per heavy atom. The maximum atomic E-state index is 12.4. The third-order valence-electron chi connectivity index (χ3n) is 2.52. The predicted octanol–water partition coefficient (Wildman–Crippen LogP) is 3.62. The molecule has 102 valence electrons. The number of aromatic nitrogens is 4. The topological polar surface area (TPSA) is 43.6 Å². The molecular formula is C11H10BrF3N4. The van der Waals surface area contributed by atoms with Crippen molar-refractivity contribution < 1.29 is 13.2 Å². The predicted molar refractivity (Wildman–Crippen MR) is 66.3 cm³/mol. The van der Waals surface area contributed by atoms with E-state index in [0.29, 0.717) is 16.1 Å². The van der Waals surface area contributed by atoms with Gasteiger partial charge in [0, 0.05) is 6.04 Å². The molecule has 0 bridgehead atoms. The number of halogens is 4. The van der Waals surface area contributed by atoms with Gasteiger partial charge in [-0.25, -0.2) is 4.98 Å². The van der Waals surface area contributed by atoms with Gasteiger partial charge in [-0.2, -0.15) is 13.2 Å². The summed E-state index contributed by atoms with van der Waals surface area (Å²) >= 11 is 3.21. The van der Waals surface area contributed by atoms with E-state index in [1.54, 1.807) is 18.2 Å². The van der Waals surface area contributed by atoms with Gasteiger partial charge in [-0.15, -0.1) is 10.2 Å². The van der Waals surface area contributed by atoms with Crippen molar-refractivity contribution in [2.75, 3.05) is 0 Å². The maximum absolute atomic E-state index is 12.4. The van der Waals surface area contributed by atoms with Crippen molar-refractivity contribution in [3.63, 3.8) is 0 Å². The fourth-order valence-electron chi connectivity index (χ4n) is 1.71.